The molecule has 0 saturated carbocycles. The molecule has 0 fully saturated rings. The lowest BCUT2D eigenvalue weighted by atomic mass is 9.98. The highest BCUT2D eigenvalue weighted by Gasteiger charge is 2.24. The third kappa shape index (κ3) is 6.14. The zero-order valence-corrected chi connectivity index (χ0v) is 14.6. The molecule has 1 heterocycles. The average molecular weight is 370 g/mol. The van der Waals surface area contributed by atoms with Gasteiger partial charge in [-0.25, -0.2) is 4.79 Å². The Morgan fingerprint density at radius 1 is 1.12 bits per heavy atom. The van der Waals surface area contributed by atoms with Crippen molar-refractivity contribution in [2.45, 2.75) is 51.2 Å². The van der Waals surface area contributed by atoms with E-state index in [4.69, 9.17) is 4.74 Å². The summed E-state index contributed by atoms with van der Waals surface area (Å²) in [6, 6.07) is 2.30. The molecule has 1 aliphatic rings. The first-order valence-corrected chi connectivity index (χ1v) is 8.00. The molecule has 1 aromatic rings. The summed E-state index contributed by atoms with van der Waals surface area (Å²) in [5.74, 6) is -1.61. The fourth-order valence-electron chi connectivity index (χ4n) is 2.62. The molecule has 0 radical (unpaired) electrons. The van der Waals surface area contributed by atoms with Crippen LogP contribution in [0.1, 0.15) is 48.5 Å². The molecule has 7 N–H and O–H groups in total. The Balaban J connectivity index is 0.00000312. The van der Waals surface area contributed by atoms with Crippen LogP contribution in [0.25, 0.3) is 0 Å². The lowest BCUT2D eigenvalue weighted by Crippen LogP contribution is -2.27. The average Bonchev–Trinajstić information content (AvgIpc) is 2.48. The number of cyclic esters (lactones) is 1. The number of benzene rings is 1. The maximum absolute atomic E-state index is 12.4. The van der Waals surface area contributed by atoms with E-state index >= 15 is 0 Å². The number of aliphatic hydroxyl groups excluding tert-OH is 1. The van der Waals surface area contributed by atoms with Crippen LogP contribution < -0.4 is 0 Å². The Bertz CT molecular complexity index is 653. The summed E-state index contributed by atoms with van der Waals surface area (Å²) in [5, 5.41) is 29.6. The van der Waals surface area contributed by atoms with Gasteiger partial charge in [0.2, 0.25) is 0 Å². The van der Waals surface area contributed by atoms with E-state index in [9.17, 15) is 24.9 Å². The molecule has 8 nitrogen and oxygen atoms in total. The summed E-state index contributed by atoms with van der Waals surface area (Å²) < 4.78 is 5.20. The van der Waals surface area contributed by atoms with Crippen molar-refractivity contribution in [3.05, 3.63) is 35.4 Å². The van der Waals surface area contributed by atoms with Gasteiger partial charge in [0.1, 0.15) is 35.1 Å². The van der Waals surface area contributed by atoms with Crippen molar-refractivity contribution in [1.82, 2.24) is 0 Å². The predicted octanol–water partition coefficient (Wildman–Crippen LogP) is 0.596. The van der Waals surface area contributed by atoms with E-state index in [2.05, 4.69) is 0 Å². The molecule has 0 saturated heterocycles. The van der Waals surface area contributed by atoms with Crippen LogP contribution in [0.4, 0.5) is 0 Å². The summed E-state index contributed by atoms with van der Waals surface area (Å²) in [7, 11) is 0. The third-order valence-electron chi connectivity index (χ3n) is 3.96. The lowest BCUT2D eigenvalue weighted by Gasteiger charge is -2.19. The van der Waals surface area contributed by atoms with Gasteiger partial charge in [-0.3, -0.25) is 4.79 Å². The summed E-state index contributed by atoms with van der Waals surface area (Å²) in [5.41, 5.74) is 0.0676. The summed E-state index contributed by atoms with van der Waals surface area (Å²) in [6.45, 7) is 1.54. The van der Waals surface area contributed by atoms with Gasteiger partial charge in [0.15, 0.2) is 0 Å². The molecule has 1 aliphatic heterocycles. The first-order valence-electron chi connectivity index (χ1n) is 8.00. The summed E-state index contributed by atoms with van der Waals surface area (Å²) in [4.78, 5) is 24.4. The smallest absolute Gasteiger partial charge is 0.342 e. The fourth-order valence-corrected chi connectivity index (χ4v) is 2.62. The minimum atomic E-state index is -0.957. The lowest BCUT2D eigenvalue weighted by molar-refractivity contribution is -0.118. The summed E-state index contributed by atoms with van der Waals surface area (Å²) in [6.07, 6.45) is 4.09. The van der Waals surface area contributed by atoms with Gasteiger partial charge < -0.3 is 31.0 Å². The highest BCUT2D eigenvalue weighted by molar-refractivity contribution is 5.96. The predicted molar refractivity (Wildman–Crippen MR) is 94.2 cm³/mol. The van der Waals surface area contributed by atoms with Crippen molar-refractivity contribution in [1.29, 1.82) is 0 Å². The molecule has 0 unspecified atom stereocenters. The quantitative estimate of drug-likeness (QED) is 0.446. The number of hydrogen-bond donors (Lipinski definition) is 3. The van der Waals surface area contributed by atoms with Crippen LogP contribution >= 0.6 is 0 Å². The first-order chi connectivity index (χ1) is 11.4. The Morgan fingerprint density at radius 2 is 1.81 bits per heavy atom. The number of Topliss-reactive ketones (excluding diaryl/α,β-unsaturated/α-hetero) is 1. The van der Waals surface area contributed by atoms with E-state index < -0.39 is 23.9 Å². The van der Waals surface area contributed by atoms with Crippen molar-refractivity contribution in [2.24, 2.45) is 0 Å². The Labute approximate surface area is 151 Å². The Kier molecular flexibility index (Phi) is 9.56. The molecule has 1 aromatic carbocycles. The molecular weight excluding hydrogens is 344 g/mol. The van der Waals surface area contributed by atoms with Gasteiger partial charge in [0, 0.05) is 18.9 Å². The van der Waals surface area contributed by atoms with E-state index in [1.54, 1.807) is 19.1 Å². The normalized spacial score (nSPS) is 22.7. The number of ketones is 1. The largest absolute Gasteiger partial charge is 0.508 e. The van der Waals surface area contributed by atoms with Crippen LogP contribution in [0.5, 0.6) is 11.5 Å². The maximum Gasteiger partial charge on any atom is 0.342 e. The second-order valence-electron chi connectivity index (χ2n) is 5.99. The SMILES string of the molecule is C[C@H]1OC(=O)c2c(O)cc(O)cc2CC(=O)CCCC/C=C/[C@@H]1O.O.O. The third-order valence-corrected chi connectivity index (χ3v) is 3.96. The fraction of sp³-hybridized carbons (Fsp3) is 0.444. The van der Waals surface area contributed by atoms with Crippen LogP contribution in [0, 0.1) is 0 Å². The van der Waals surface area contributed by atoms with Gasteiger partial charge in [-0.1, -0.05) is 12.2 Å². The van der Waals surface area contributed by atoms with Gasteiger partial charge in [0.05, 0.1) is 0 Å². The molecular formula is C18H26O8. The first kappa shape index (κ1) is 23.6. The number of ether oxygens (including phenoxy) is 1. The zero-order chi connectivity index (χ0) is 17.7. The standard InChI is InChI=1S/C18H22O6.2H2O/c1-11-15(21)7-5-3-2-4-6-13(19)8-12-9-14(20)10-16(22)17(12)18(23)24-11;;/h5,7,9-11,15,20-22H,2-4,6,8H2,1H3;2*1H2/b7-5+;;/t11-,15+;;/m1../s1. The van der Waals surface area contributed by atoms with Gasteiger partial charge in [0.25, 0.3) is 0 Å². The number of esters is 1. The van der Waals surface area contributed by atoms with Crippen molar-refractivity contribution >= 4 is 11.8 Å². The molecule has 0 aliphatic carbocycles. The number of phenols is 2. The highest BCUT2D eigenvalue weighted by atomic mass is 16.6. The van der Waals surface area contributed by atoms with Crippen LogP contribution in [0.3, 0.4) is 0 Å². The molecule has 2 atom stereocenters. The highest BCUT2D eigenvalue weighted by Crippen LogP contribution is 2.29. The molecule has 0 spiro atoms. The molecule has 2 rings (SSSR count). The minimum Gasteiger partial charge on any atom is -0.508 e. The Morgan fingerprint density at radius 3 is 2.50 bits per heavy atom. The zero-order valence-electron chi connectivity index (χ0n) is 14.6. The van der Waals surface area contributed by atoms with Crippen LogP contribution in [-0.2, 0) is 16.0 Å². The molecule has 146 valence electrons. The van der Waals surface area contributed by atoms with E-state index in [0.29, 0.717) is 12.8 Å². The van der Waals surface area contributed by atoms with Gasteiger partial charge in [-0.05, 0) is 37.8 Å². The molecule has 0 aromatic heterocycles. The number of phenolic OH excluding ortho intramolecular Hbond substituents is 2. The van der Waals surface area contributed by atoms with E-state index in [0.717, 1.165) is 18.9 Å². The van der Waals surface area contributed by atoms with Crippen LogP contribution in [0.2, 0.25) is 0 Å². The maximum atomic E-state index is 12.4. The number of carbonyl (C=O) groups is 2. The Hall–Kier alpha value is -2.42. The minimum absolute atomic E-state index is 0. The van der Waals surface area contributed by atoms with Gasteiger partial charge >= 0.3 is 5.97 Å². The van der Waals surface area contributed by atoms with E-state index in [-0.39, 0.29) is 40.0 Å². The van der Waals surface area contributed by atoms with Crippen LogP contribution in [-0.4, -0.2) is 50.2 Å². The number of hydrogen-bond acceptors (Lipinski definition) is 6. The van der Waals surface area contributed by atoms with E-state index in [1.165, 1.54) is 6.07 Å². The van der Waals surface area contributed by atoms with Crippen molar-refractivity contribution in [3.8, 4) is 11.5 Å². The number of aliphatic hydroxyl groups is 1. The van der Waals surface area contributed by atoms with Crippen LogP contribution in [0.15, 0.2) is 24.3 Å². The monoisotopic (exact) mass is 370 g/mol. The van der Waals surface area contributed by atoms with Gasteiger partial charge in [-0.15, -0.1) is 0 Å². The molecule has 0 bridgehead atoms. The number of fused-ring (bicyclic) bond motifs is 1. The number of allylic oxidation sites excluding steroid dienone is 1. The number of rotatable bonds is 0. The van der Waals surface area contributed by atoms with E-state index in [1.807, 2.05) is 0 Å². The summed E-state index contributed by atoms with van der Waals surface area (Å²) >= 11 is 0. The molecule has 26 heavy (non-hydrogen) atoms. The van der Waals surface area contributed by atoms with Crippen molar-refractivity contribution in [3.63, 3.8) is 0 Å². The second kappa shape index (κ2) is 10.5. The van der Waals surface area contributed by atoms with Gasteiger partial charge in [-0.2, -0.15) is 0 Å². The molecule has 8 heteroatoms. The van der Waals surface area contributed by atoms with Crippen molar-refractivity contribution in [2.75, 3.05) is 0 Å². The number of carbonyl (C=O) groups excluding carboxylic acids is 2. The second-order valence-corrected chi connectivity index (χ2v) is 5.99. The topological polar surface area (TPSA) is 167 Å². The number of aromatic hydroxyl groups is 2. The molecule has 0 amide bonds. The van der Waals surface area contributed by atoms with Crippen molar-refractivity contribution < 1.29 is 40.6 Å².